The maximum absolute atomic E-state index is 12.1. The summed E-state index contributed by atoms with van der Waals surface area (Å²) >= 11 is 0. The minimum atomic E-state index is 0.158. The Hall–Kier alpha value is -1.68. The van der Waals surface area contributed by atoms with Crippen LogP contribution in [-0.2, 0) is 14.3 Å². The molecule has 0 atom stereocenters. The normalized spacial score (nSPS) is 10.4. The van der Waals surface area contributed by atoms with Gasteiger partial charge in [-0.25, -0.2) is 0 Å². The highest BCUT2D eigenvalue weighted by Crippen LogP contribution is 2.13. The van der Waals surface area contributed by atoms with E-state index in [0.29, 0.717) is 18.6 Å². The number of hydrogen-bond donors (Lipinski definition) is 0. The van der Waals surface area contributed by atoms with Gasteiger partial charge in [0.1, 0.15) is 5.78 Å². The largest absolute Gasteiger partial charge is 0.381 e. The molecule has 0 N–H and O–H groups in total. The molecule has 0 fully saturated rings. The van der Waals surface area contributed by atoms with Gasteiger partial charge in [-0.15, -0.1) is 0 Å². The van der Waals surface area contributed by atoms with Gasteiger partial charge in [-0.2, -0.15) is 0 Å². The van der Waals surface area contributed by atoms with E-state index in [1.54, 1.807) is 4.90 Å². The number of benzene rings is 1. The van der Waals surface area contributed by atoms with Crippen LogP contribution in [0.25, 0.3) is 0 Å². The van der Waals surface area contributed by atoms with Crippen LogP contribution in [0.4, 0.5) is 5.69 Å². The molecule has 0 spiro atoms. The Kier molecular flexibility index (Phi) is 16.4. The fraction of sp³-hybridized carbons (Fsp3) is 0.667. The van der Waals surface area contributed by atoms with Crippen LogP contribution >= 0.6 is 0 Å². The molecule has 0 saturated carbocycles. The van der Waals surface area contributed by atoms with Gasteiger partial charge in [0.2, 0.25) is 5.91 Å². The minimum absolute atomic E-state index is 0.158. The van der Waals surface area contributed by atoms with Crippen LogP contribution < -0.4 is 4.90 Å². The highest BCUT2D eigenvalue weighted by Gasteiger charge is 2.09. The van der Waals surface area contributed by atoms with Crippen molar-refractivity contribution in [2.75, 3.05) is 25.2 Å². The number of rotatable bonds is 14. The summed E-state index contributed by atoms with van der Waals surface area (Å²) in [5.74, 6) is 0.678. The van der Waals surface area contributed by atoms with Gasteiger partial charge in [-0.1, -0.05) is 58.7 Å². The SMILES string of the molecule is CC.CC(C)C(=O)CCCCCOCCCCCC(=O)N(C)c1ccccc1. The van der Waals surface area contributed by atoms with Crippen molar-refractivity contribution in [1.82, 2.24) is 0 Å². The number of unbranched alkanes of at least 4 members (excludes halogenated alkanes) is 4. The zero-order chi connectivity index (χ0) is 21.2. The number of anilines is 1. The zero-order valence-electron chi connectivity index (χ0n) is 18.7. The molecule has 0 heterocycles. The summed E-state index contributed by atoms with van der Waals surface area (Å²) in [6.07, 6.45) is 7.22. The van der Waals surface area contributed by atoms with Crippen molar-refractivity contribution < 1.29 is 14.3 Å². The Labute approximate surface area is 172 Å². The van der Waals surface area contributed by atoms with Crippen LogP contribution in [0.15, 0.2) is 30.3 Å². The summed E-state index contributed by atoms with van der Waals surface area (Å²) in [4.78, 5) is 25.4. The number of ether oxygens (including phenoxy) is 1. The fourth-order valence-corrected chi connectivity index (χ4v) is 2.69. The Morgan fingerprint density at radius 2 is 1.39 bits per heavy atom. The number of Topliss-reactive ketones (excluding diaryl/α,β-unsaturated/α-hetero) is 1. The van der Waals surface area contributed by atoms with Crippen LogP contribution in [-0.4, -0.2) is 32.0 Å². The third kappa shape index (κ3) is 12.7. The molecule has 4 nitrogen and oxygen atoms in total. The van der Waals surface area contributed by atoms with Gasteiger partial charge in [0.25, 0.3) is 0 Å². The van der Waals surface area contributed by atoms with E-state index in [9.17, 15) is 9.59 Å². The molecule has 0 radical (unpaired) electrons. The molecule has 0 aliphatic carbocycles. The molecule has 28 heavy (non-hydrogen) atoms. The maximum atomic E-state index is 12.1. The smallest absolute Gasteiger partial charge is 0.226 e. The van der Waals surface area contributed by atoms with Crippen molar-refractivity contribution in [2.45, 2.75) is 79.1 Å². The molecule has 4 heteroatoms. The highest BCUT2D eigenvalue weighted by atomic mass is 16.5. The van der Waals surface area contributed by atoms with E-state index in [4.69, 9.17) is 4.74 Å². The zero-order valence-corrected chi connectivity index (χ0v) is 18.7. The number of carbonyl (C=O) groups excluding carboxylic acids is 2. The first-order valence-electron chi connectivity index (χ1n) is 10.9. The second kappa shape index (κ2) is 17.4. The van der Waals surface area contributed by atoms with Crippen LogP contribution in [0.2, 0.25) is 0 Å². The molecule has 0 aromatic heterocycles. The van der Waals surface area contributed by atoms with E-state index in [-0.39, 0.29) is 11.8 Å². The first kappa shape index (κ1) is 26.3. The quantitative estimate of drug-likeness (QED) is 0.363. The summed E-state index contributed by atoms with van der Waals surface area (Å²) in [5.41, 5.74) is 0.941. The third-order valence-electron chi connectivity index (χ3n) is 4.55. The lowest BCUT2D eigenvalue weighted by atomic mass is 10.0. The average molecular weight is 392 g/mol. The Morgan fingerprint density at radius 3 is 1.93 bits per heavy atom. The van der Waals surface area contributed by atoms with E-state index < -0.39 is 0 Å². The van der Waals surface area contributed by atoms with Gasteiger partial charge >= 0.3 is 0 Å². The van der Waals surface area contributed by atoms with Crippen LogP contribution in [0.5, 0.6) is 0 Å². The van der Waals surface area contributed by atoms with Gasteiger partial charge in [0, 0.05) is 44.7 Å². The number of hydrogen-bond acceptors (Lipinski definition) is 3. The second-order valence-electron chi connectivity index (χ2n) is 7.14. The summed E-state index contributed by atoms with van der Waals surface area (Å²) in [5, 5.41) is 0. The predicted molar refractivity (Wildman–Crippen MR) is 119 cm³/mol. The van der Waals surface area contributed by atoms with Crippen molar-refractivity contribution in [1.29, 1.82) is 0 Å². The van der Waals surface area contributed by atoms with Gasteiger partial charge in [-0.05, 0) is 37.8 Å². The van der Waals surface area contributed by atoms with Gasteiger partial charge < -0.3 is 9.64 Å². The topological polar surface area (TPSA) is 46.6 Å². The lowest BCUT2D eigenvalue weighted by Crippen LogP contribution is -2.25. The number of nitrogens with zero attached hydrogens (tertiary/aromatic N) is 1. The van der Waals surface area contributed by atoms with Crippen molar-refractivity contribution in [3.63, 3.8) is 0 Å². The minimum Gasteiger partial charge on any atom is -0.381 e. The number of ketones is 1. The molecule has 1 rings (SSSR count). The van der Waals surface area contributed by atoms with Crippen LogP contribution in [0, 0.1) is 5.92 Å². The molecule has 0 aliphatic heterocycles. The maximum Gasteiger partial charge on any atom is 0.226 e. The Morgan fingerprint density at radius 1 is 0.857 bits per heavy atom. The average Bonchev–Trinajstić information content (AvgIpc) is 2.73. The number of para-hydroxylation sites is 1. The summed E-state index contributed by atoms with van der Waals surface area (Å²) < 4.78 is 5.63. The van der Waals surface area contributed by atoms with Crippen molar-refractivity contribution in [2.24, 2.45) is 5.92 Å². The van der Waals surface area contributed by atoms with Gasteiger partial charge in [0.15, 0.2) is 0 Å². The Bertz CT molecular complexity index is 514. The first-order valence-corrected chi connectivity index (χ1v) is 10.9. The van der Waals surface area contributed by atoms with E-state index in [1.165, 1.54) is 0 Å². The molecular formula is C24H41NO3. The standard InChI is InChI=1S/C22H35NO3.C2H6/c1-19(2)21(24)15-9-5-11-17-26-18-12-6-10-16-22(25)23(3)20-13-7-4-8-14-20;1-2/h4,7-8,13-14,19H,5-6,9-12,15-18H2,1-3H3;1-2H3. The van der Waals surface area contributed by atoms with Gasteiger partial charge in [-0.3, -0.25) is 9.59 Å². The second-order valence-corrected chi connectivity index (χ2v) is 7.14. The number of amides is 1. The third-order valence-corrected chi connectivity index (χ3v) is 4.55. The first-order chi connectivity index (χ1) is 13.5. The lowest BCUT2D eigenvalue weighted by Gasteiger charge is -2.17. The molecular weight excluding hydrogens is 350 g/mol. The van der Waals surface area contributed by atoms with Crippen LogP contribution in [0.1, 0.15) is 79.1 Å². The van der Waals surface area contributed by atoms with E-state index >= 15 is 0 Å². The Balaban J connectivity index is 0.00000352. The summed E-state index contributed by atoms with van der Waals surface area (Å²) in [7, 11) is 1.83. The van der Waals surface area contributed by atoms with Crippen LogP contribution in [0.3, 0.4) is 0 Å². The molecule has 1 amide bonds. The fourth-order valence-electron chi connectivity index (χ4n) is 2.69. The molecule has 0 unspecified atom stereocenters. The van der Waals surface area contributed by atoms with E-state index in [2.05, 4.69) is 0 Å². The molecule has 160 valence electrons. The van der Waals surface area contributed by atoms with Crippen molar-refractivity contribution in [3.05, 3.63) is 30.3 Å². The highest BCUT2D eigenvalue weighted by molar-refractivity contribution is 5.92. The van der Waals surface area contributed by atoms with E-state index in [0.717, 1.165) is 57.4 Å². The van der Waals surface area contributed by atoms with Crippen molar-refractivity contribution in [3.8, 4) is 0 Å². The lowest BCUT2D eigenvalue weighted by molar-refractivity contribution is -0.122. The molecule has 1 aromatic carbocycles. The van der Waals surface area contributed by atoms with Gasteiger partial charge in [0.05, 0.1) is 0 Å². The molecule has 1 aromatic rings. The predicted octanol–water partition coefficient (Wildman–Crippen LogP) is 6.04. The van der Waals surface area contributed by atoms with E-state index in [1.807, 2.05) is 65.1 Å². The molecule has 0 bridgehead atoms. The van der Waals surface area contributed by atoms with Crippen molar-refractivity contribution >= 4 is 17.4 Å². The summed E-state index contributed by atoms with van der Waals surface area (Å²) in [6, 6.07) is 9.74. The monoisotopic (exact) mass is 391 g/mol. The summed E-state index contributed by atoms with van der Waals surface area (Å²) in [6.45, 7) is 9.44. The number of carbonyl (C=O) groups is 2. The molecule has 0 saturated heterocycles. The molecule has 0 aliphatic rings.